The summed E-state index contributed by atoms with van der Waals surface area (Å²) in [5.41, 5.74) is 3.08. The second kappa shape index (κ2) is 8.10. The van der Waals surface area contributed by atoms with Gasteiger partial charge in [-0.3, -0.25) is 9.63 Å². The summed E-state index contributed by atoms with van der Waals surface area (Å²) in [6.07, 6.45) is -0.766. The molecular weight excluding hydrogens is 248 g/mol. The molecule has 0 aliphatic heterocycles. The number of carbonyl (C=O) groups excluding carboxylic acids is 2. The van der Waals surface area contributed by atoms with Crippen molar-refractivity contribution in [3.8, 4) is 0 Å². The molecule has 19 heavy (non-hydrogen) atoms. The lowest BCUT2D eigenvalue weighted by Gasteiger charge is -2.09. The Bertz CT molecular complexity index is 406. The molecule has 0 heterocycles. The Morgan fingerprint density at radius 3 is 2.53 bits per heavy atom. The van der Waals surface area contributed by atoms with Crippen LogP contribution in [0, 0.1) is 0 Å². The Hall–Kier alpha value is -2.08. The number of ether oxygens (including phenoxy) is 1. The van der Waals surface area contributed by atoms with Crippen molar-refractivity contribution in [2.75, 3.05) is 6.54 Å². The summed E-state index contributed by atoms with van der Waals surface area (Å²) >= 11 is 0. The molecule has 0 saturated heterocycles. The van der Waals surface area contributed by atoms with Gasteiger partial charge in [-0.2, -0.15) is 0 Å². The average Bonchev–Trinajstić information content (AvgIpc) is 2.41. The largest absolute Gasteiger partial charge is 0.445 e. The Morgan fingerprint density at radius 1 is 1.21 bits per heavy atom. The molecular formula is C13H18N2O4. The van der Waals surface area contributed by atoms with Crippen molar-refractivity contribution in [3.63, 3.8) is 0 Å². The molecule has 0 spiro atoms. The van der Waals surface area contributed by atoms with Gasteiger partial charge in [0.1, 0.15) is 13.2 Å². The van der Waals surface area contributed by atoms with Crippen LogP contribution in [0.25, 0.3) is 0 Å². The van der Waals surface area contributed by atoms with Crippen LogP contribution in [0.3, 0.4) is 0 Å². The van der Waals surface area contributed by atoms with E-state index in [0.717, 1.165) is 5.56 Å². The zero-order valence-electron chi connectivity index (χ0n) is 11.0. The molecule has 1 aromatic carbocycles. The normalized spacial score (nSPS) is 10.1. The lowest BCUT2D eigenvalue weighted by atomic mass is 10.2. The van der Waals surface area contributed by atoms with E-state index >= 15 is 0 Å². The molecule has 104 valence electrons. The highest BCUT2D eigenvalue weighted by molar-refractivity contribution is 5.81. The van der Waals surface area contributed by atoms with E-state index in [1.807, 2.05) is 30.3 Å². The average molecular weight is 266 g/mol. The van der Waals surface area contributed by atoms with Crippen molar-refractivity contribution >= 4 is 12.0 Å². The highest BCUT2D eigenvalue weighted by atomic mass is 16.7. The maximum Gasteiger partial charge on any atom is 0.407 e. The maximum atomic E-state index is 11.3. The van der Waals surface area contributed by atoms with Crippen LogP contribution in [0.5, 0.6) is 0 Å². The second-order valence-corrected chi connectivity index (χ2v) is 4.11. The van der Waals surface area contributed by atoms with E-state index in [0.29, 0.717) is 0 Å². The van der Waals surface area contributed by atoms with Crippen molar-refractivity contribution < 1.29 is 19.2 Å². The van der Waals surface area contributed by atoms with Crippen molar-refractivity contribution in [2.24, 2.45) is 0 Å². The second-order valence-electron chi connectivity index (χ2n) is 4.11. The van der Waals surface area contributed by atoms with Crippen molar-refractivity contribution in [3.05, 3.63) is 35.9 Å². The van der Waals surface area contributed by atoms with E-state index in [4.69, 9.17) is 9.57 Å². The lowest BCUT2D eigenvalue weighted by Crippen LogP contribution is -2.38. The van der Waals surface area contributed by atoms with Crippen LogP contribution in [-0.4, -0.2) is 24.6 Å². The molecule has 1 rings (SSSR count). The Labute approximate surface area is 112 Å². The van der Waals surface area contributed by atoms with Gasteiger partial charge in [0, 0.05) is 0 Å². The smallest absolute Gasteiger partial charge is 0.407 e. The Morgan fingerprint density at radius 2 is 1.89 bits per heavy atom. The van der Waals surface area contributed by atoms with Gasteiger partial charge in [-0.05, 0) is 19.4 Å². The van der Waals surface area contributed by atoms with E-state index < -0.39 is 12.0 Å². The maximum absolute atomic E-state index is 11.3. The first-order valence-corrected chi connectivity index (χ1v) is 5.97. The number of carbonyl (C=O) groups is 2. The van der Waals surface area contributed by atoms with Crippen LogP contribution in [-0.2, 0) is 21.0 Å². The first-order chi connectivity index (χ1) is 9.08. The van der Waals surface area contributed by atoms with Crippen molar-refractivity contribution in [1.29, 1.82) is 0 Å². The SMILES string of the molecule is CC(C)ONC(=O)CNC(=O)OCc1ccccc1. The molecule has 2 N–H and O–H groups in total. The number of rotatable bonds is 6. The Balaban J connectivity index is 2.16. The lowest BCUT2D eigenvalue weighted by molar-refractivity contribution is -0.135. The van der Waals surface area contributed by atoms with Gasteiger partial charge in [-0.1, -0.05) is 30.3 Å². The minimum absolute atomic E-state index is 0.117. The third-order valence-corrected chi connectivity index (χ3v) is 2.01. The highest BCUT2D eigenvalue weighted by Gasteiger charge is 2.07. The fraction of sp³-hybridized carbons (Fsp3) is 0.385. The van der Waals surface area contributed by atoms with Gasteiger partial charge in [0.2, 0.25) is 0 Å². The summed E-state index contributed by atoms with van der Waals surface area (Å²) in [6.45, 7) is 3.53. The minimum atomic E-state index is -0.649. The topological polar surface area (TPSA) is 76.7 Å². The summed E-state index contributed by atoms with van der Waals surface area (Å²) in [5.74, 6) is -0.439. The van der Waals surface area contributed by atoms with E-state index in [2.05, 4.69) is 10.8 Å². The molecule has 2 amide bonds. The number of hydrogen-bond donors (Lipinski definition) is 2. The van der Waals surface area contributed by atoms with Crippen LogP contribution in [0.15, 0.2) is 30.3 Å². The van der Waals surface area contributed by atoms with Crippen molar-refractivity contribution in [1.82, 2.24) is 10.8 Å². The van der Waals surface area contributed by atoms with Crippen molar-refractivity contribution in [2.45, 2.75) is 26.6 Å². The summed E-state index contributed by atoms with van der Waals surface area (Å²) < 4.78 is 4.93. The van der Waals surface area contributed by atoms with Gasteiger partial charge >= 0.3 is 6.09 Å². The number of amides is 2. The zero-order chi connectivity index (χ0) is 14.1. The standard InChI is InChI=1S/C13H18N2O4/c1-10(2)19-15-12(16)8-14-13(17)18-9-11-6-4-3-5-7-11/h3-7,10H,8-9H2,1-2H3,(H,14,17)(H,15,16). The van der Waals surface area contributed by atoms with Crippen LogP contribution in [0.1, 0.15) is 19.4 Å². The number of nitrogens with one attached hydrogen (secondary N) is 2. The summed E-state index contributed by atoms with van der Waals surface area (Å²) in [5, 5.41) is 2.32. The van der Waals surface area contributed by atoms with Gasteiger partial charge in [-0.15, -0.1) is 0 Å². The van der Waals surface area contributed by atoms with Crippen LogP contribution >= 0.6 is 0 Å². The number of alkyl carbamates (subject to hydrolysis) is 1. The molecule has 0 saturated carbocycles. The molecule has 0 fully saturated rings. The summed E-state index contributed by atoms with van der Waals surface area (Å²) in [4.78, 5) is 27.4. The van der Waals surface area contributed by atoms with Gasteiger partial charge in [0.05, 0.1) is 6.10 Å². The first kappa shape index (κ1) is 15.0. The van der Waals surface area contributed by atoms with Crippen LogP contribution in [0.4, 0.5) is 4.79 Å². The van der Waals surface area contributed by atoms with Crippen LogP contribution in [0.2, 0.25) is 0 Å². The van der Waals surface area contributed by atoms with Gasteiger partial charge in [0.15, 0.2) is 0 Å². The van der Waals surface area contributed by atoms with E-state index in [-0.39, 0.29) is 19.3 Å². The predicted molar refractivity (Wildman–Crippen MR) is 69.0 cm³/mol. The summed E-state index contributed by atoms with van der Waals surface area (Å²) in [7, 11) is 0. The molecule has 0 radical (unpaired) electrons. The van der Waals surface area contributed by atoms with Gasteiger partial charge < -0.3 is 10.1 Å². The van der Waals surface area contributed by atoms with Gasteiger partial charge in [0.25, 0.3) is 5.91 Å². The third kappa shape index (κ3) is 7.05. The fourth-order valence-corrected chi connectivity index (χ4v) is 1.15. The van der Waals surface area contributed by atoms with E-state index in [1.165, 1.54) is 0 Å². The molecule has 1 aromatic rings. The molecule has 0 atom stereocenters. The number of hydroxylamine groups is 1. The summed E-state index contributed by atoms with van der Waals surface area (Å²) in [6, 6.07) is 9.27. The molecule has 0 aliphatic rings. The third-order valence-electron chi connectivity index (χ3n) is 2.01. The predicted octanol–water partition coefficient (Wildman–Crippen LogP) is 1.37. The van der Waals surface area contributed by atoms with Gasteiger partial charge in [-0.25, -0.2) is 10.3 Å². The molecule has 6 heteroatoms. The molecule has 6 nitrogen and oxygen atoms in total. The molecule has 0 unspecified atom stereocenters. The number of benzene rings is 1. The van der Waals surface area contributed by atoms with E-state index in [1.54, 1.807) is 13.8 Å². The van der Waals surface area contributed by atoms with Crippen LogP contribution < -0.4 is 10.8 Å². The number of hydrogen-bond acceptors (Lipinski definition) is 4. The minimum Gasteiger partial charge on any atom is -0.445 e. The van der Waals surface area contributed by atoms with E-state index in [9.17, 15) is 9.59 Å². The molecule has 0 aliphatic carbocycles. The first-order valence-electron chi connectivity index (χ1n) is 5.97. The molecule has 0 bridgehead atoms. The Kier molecular flexibility index (Phi) is 6.38. The molecule has 0 aromatic heterocycles. The monoisotopic (exact) mass is 266 g/mol. The quantitative estimate of drug-likeness (QED) is 0.762. The highest BCUT2D eigenvalue weighted by Crippen LogP contribution is 2.00. The zero-order valence-corrected chi connectivity index (χ0v) is 11.0. The fourth-order valence-electron chi connectivity index (χ4n) is 1.15.